The second-order valence-corrected chi connectivity index (χ2v) is 6.40. The number of amides is 2. The molecule has 146 valence electrons. The Balaban J connectivity index is 1.53. The molecule has 1 aliphatic heterocycles. The monoisotopic (exact) mass is 383 g/mol. The molecule has 0 spiro atoms. The van der Waals surface area contributed by atoms with Gasteiger partial charge in [-0.15, -0.1) is 0 Å². The average Bonchev–Trinajstić information content (AvgIpc) is 2.94. The first kappa shape index (κ1) is 19.4. The number of nitrogens with zero attached hydrogens (tertiary/aromatic N) is 1. The summed E-state index contributed by atoms with van der Waals surface area (Å²) in [6.07, 6.45) is 0. The largest absolute Gasteiger partial charge is 0.497 e. The molecule has 0 radical (unpaired) electrons. The lowest BCUT2D eigenvalue weighted by molar-refractivity contribution is -0.148. The second-order valence-electron chi connectivity index (χ2n) is 6.40. The Morgan fingerprint density at radius 2 is 1.61 bits per heavy atom. The van der Waals surface area contributed by atoms with Crippen LogP contribution in [0.2, 0.25) is 0 Å². The molecule has 0 aromatic heterocycles. The third-order valence-corrected chi connectivity index (χ3v) is 4.46. The normalized spacial score (nSPS) is 13.9. The Kier molecular flexibility index (Phi) is 5.63. The van der Waals surface area contributed by atoms with Crippen LogP contribution in [0.3, 0.4) is 0 Å². The Bertz CT molecular complexity index is 906. The van der Waals surface area contributed by atoms with E-state index >= 15 is 0 Å². The molecule has 0 N–H and O–H groups in total. The summed E-state index contributed by atoms with van der Waals surface area (Å²) in [4.78, 5) is 38.3. The van der Waals surface area contributed by atoms with E-state index < -0.39 is 23.8 Å². The van der Waals surface area contributed by atoms with Gasteiger partial charge in [0.1, 0.15) is 30.8 Å². The molecule has 0 saturated carbocycles. The molecule has 2 amide bonds. The summed E-state index contributed by atoms with van der Waals surface area (Å²) >= 11 is 0. The predicted octanol–water partition coefficient (Wildman–Crippen LogP) is 2.61. The Morgan fingerprint density at radius 1 is 0.964 bits per heavy atom. The zero-order valence-corrected chi connectivity index (χ0v) is 15.9. The van der Waals surface area contributed by atoms with Crippen LogP contribution in [-0.2, 0) is 9.53 Å². The van der Waals surface area contributed by atoms with Crippen LogP contribution in [-0.4, -0.2) is 49.0 Å². The van der Waals surface area contributed by atoms with E-state index in [1.807, 2.05) is 6.92 Å². The van der Waals surface area contributed by atoms with Crippen LogP contribution in [0.25, 0.3) is 0 Å². The molecule has 7 nitrogen and oxygen atoms in total. The smallest absolute Gasteiger partial charge is 0.329 e. The molecule has 1 atom stereocenters. The number of carbonyl (C=O) groups excluding carboxylic acids is 3. The van der Waals surface area contributed by atoms with Crippen molar-refractivity contribution in [3.63, 3.8) is 0 Å². The third-order valence-electron chi connectivity index (χ3n) is 4.46. The SMILES string of the molecule is COc1ccc(OCCOC(=O)C(C)N2C(=O)c3ccc(C)cc3C2=O)cc1. The van der Waals surface area contributed by atoms with E-state index in [4.69, 9.17) is 14.2 Å². The fourth-order valence-corrected chi connectivity index (χ4v) is 2.92. The third kappa shape index (κ3) is 3.83. The summed E-state index contributed by atoms with van der Waals surface area (Å²) in [6, 6.07) is 11.0. The number of aryl methyl sites for hydroxylation is 1. The van der Waals surface area contributed by atoms with Gasteiger partial charge in [0, 0.05) is 0 Å². The minimum absolute atomic E-state index is 0.00250. The standard InChI is InChI=1S/C21H21NO6/c1-13-4-9-17-18(12-13)20(24)22(19(17)23)14(2)21(25)28-11-10-27-16-7-5-15(26-3)6-8-16/h4-9,12,14H,10-11H2,1-3H3. The summed E-state index contributed by atoms with van der Waals surface area (Å²) in [5.74, 6) is -0.310. The maximum atomic E-state index is 12.5. The maximum absolute atomic E-state index is 12.5. The van der Waals surface area contributed by atoms with Crippen molar-refractivity contribution in [1.29, 1.82) is 0 Å². The van der Waals surface area contributed by atoms with Gasteiger partial charge in [0.25, 0.3) is 11.8 Å². The highest BCUT2D eigenvalue weighted by molar-refractivity contribution is 6.22. The number of imide groups is 1. The van der Waals surface area contributed by atoms with Crippen molar-refractivity contribution in [2.75, 3.05) is 20.3 Å². The molecule has 3 rings (SSSR count). The molecule has 0 fully saturated rings. The molecular formula is C21H21NO6. The first-order valence-electron chi connectivity index (χ1n) is 8.84. The lowest BCUT2D eigenvalue weighted by Crippen LogP contribution is -2.44. The van der Waals surface area contributed by atoms with Crippen molar-refractivity contribution >= 4 is 17.8 Å². The molecule has 0 bridgehead atoms. The number of carbonyl (C=O) groups is 3. The fourth-order valence-electron chi connectivity index (χ4n) is 2.92. The summed E-state index contributed by atoms with van der Waals surface area (Å²) in [7, 11) is 1.58. The first-order chi connectivity index (χ1) is 13.4. The van der Waals surface area contributed by atoms with Crippen LogP contribution < -0.4 is 9.47 Å². The molecule has 1 heterocycles. The molecule has 0 aliphatic carbocycles. The van der Waals surface area contributed by atoms with Crippen LogP contribution in [0.5, 0.6) is 11.5 Å². The lowest BCUT2D eigenvalue weighted by atomic mass is 10.1. The number of hydrogen-bond donors (Lipinski definition) is 0. The van der Waals surface area contributed by atoms with Crippen LogP contribution in [0.15, 0.2) is 42.5 Å². The van der Waals surface area contributed by atoms with Crippen LogP contribution in [0.1, 0.15) is 33.2 Å². The summed E-state index contributed by atoms with van der Waals surface area (Å²) < 4.78 is 15.7. The van der Waals surface area contributed by atoms with E-state index in [2.05, 4.69) is 0 Å². The van der Waals surface area contributed by atoms with Crippen molar-refractivity contribution < 1.29 is 28.6 Å². The highest BCUT2D eigenvalue weighted by atomic mass is 16.6. The van der Waals surface area contributed by atoms with Crippen molar-refractivity contribution in [2.24, 2.45) is 0 Å². The molecule has 2 aromatic carbocycles. The fraction of sp³-hybridized carbons (Fsp3) is 0.286. The number of hydrogen-bond acceptors (Lipinski definition) is 6. The van der Waals surface area contributed by atoms with Gasteiger partial charge in [0.15, 0.2) is 0 Å². The van der Waals surface area contributed by atoms with Gasteiger partial charge in [-0.1, -0.05) is 11.6 Å². The van der Waals surface area contributed by atoms with Crippen molar-refractivity contribution in [2.45, 2.75) is 19.9 Å². The zero-order chi connectivity index (χ0) is 20.3. The highest BCUT2D eigenvalue weighted by Gasteiger charge is 2.41. The van der Waals surface area contributed by atoms with Crippen LogP contribution in [0.4, 0.5) is 0 Å². The van der Waals surface area contributed by atoms with Crippen LogP contribution >= 0.6 is 0 Å². The van der Waals surface area contributed by atoms with Gasteiger partial charge in [-0.05, 0) is 50.2 Å². The summed E-state index contributed by atoms with van der Waals surface area (Å²) in [5, 5.41) is 0. The Morgan fingerprint density at radius 3 is 2.29 bits per heavy atom. The molecular weight excluding hydrogens is 362 g/mol. The molecule has 2 aromatic rings. The molecule has 0 saturated heterocycles. The average molecular weight is 383 g/mol. The first-order valence-corrected chi connectivity index (χ1v) is 8.84. The number of rotatable bonds is 7. The van der Waals surface area contributed by atoms with E-state index in [-0.39, 0.29) is 13.2 Å². The van der Waals surface area contributed by atoms with Gasteiger partial charge in [0.05, 0.1) is 18.2 Å². The van der Waals surface area contributed by atoms with Gasteiger partial charge in [-0.2, -0.15) is 0 Å². The zero-order valence-electron chi connectivity index (χ0n) is 15.9. The number of methoxy groups -OCH3 is 1. The van der Waals surface area contributed by atoms with Gasteiger partial charge in [-0.25, -0.2) is 4.79 Å². The second kappa shape index (κ2) is 8.12. The topological polar surface area (TPSA) is 82.1 Å². The number of benzene rings is 2. The van der Waals surface area contributed by atoms with E-state index in [1.165, 1.54) is 6.92 Å². The van der Waals surface area contributed by atoms with E-state index in [0.717, 1.165) is 10.5 Å². The Labute approximate surface area is 162 Å². The van der Waals surface area contributed by atoms with Gasteiger partial charge in [-0.3, -0.25) is 14.5 Å². The van der Waals surface area contributed by atoms with Crippen molar-refractivity contribution in [1.82, 2.24) is 4.90 Å². The van der Waals surface area contributed by atoms with E-state index in [0.29, 0.717) is 22.6 Å². The van der Waals surface area contributed by atoms with Gasteiger partial charge < -0.3 is 14.2 Å². The van der Waals surface area contributed by atoms with E-state index in [9.17, 15) is 14.4 Å². The number of ether oxygens (including phenoxy) is 3. The summed E-state index contributed by atoms with van der Waals surface area (Å²) in [6.45, 7) is 3.45. The molecule has 7 heteroatoms. The predicted molar refractivity (Wildman–Crippen MR) is 101 cm³/mol. The number of esters is 1. The summed E-state index contributed by atoms with van der Waals surface area (Å²) in [5.41, 5.74) is 1.48. The van der Waals surface area contributed by atoms with Crippen molar-refractivity contribution in [3.8, 4) is 11.5 Å². The Hall–Kier alpha value is -3.35. The minimum Gasteiger partial charge on any atom is -0.497 e. The maximum Gasteiger partial charge on any atom is 0.329 e. The van der Waals surface area contributed by atoms with Gasteiger partial charge in [0.2, 0.25) is 0 Å². The molecule has 1 aliphatic rings. The van der Waals surface area contributed by atoms with Gasteiger partial charge >= 0.3 is 5.97 Å². The van der Waals surface area contributed by atoms with Crippen molar-refractivity contribution in [3.05, 3.63) is 59.2 Å². The van der Waals surface area contributed by atoms with E-state index in [1.54, 1.807) is 49.6 Å². The lowest BCUT2D eigenvalue weighted by Gasteiger charge is -2.20. The quantitative estimate of drug-likeness (QED) is 0.415. The molecule has 28 heavy (non-hydrogen) atoms. The molecule has 1 unspecified atom stereocenters. The van der Waals surface area contributed by atoms with Crippen LogP contribution in [0, 0.1) is 6.92 Å². The number of fused-ring (bicyclic) bond motifs is 1. The minimum atomic E-state index is -1.02. The highest BCUT2D eigenvalue weighted by Crippen LogP contribution is 2.26.